The van der Waals surface area contributed by atoms with Gasteiger partial charge in [0.1, 0.15) is 17.0 Å². The topological polar surface area (TPSA) is 81.4 Å². The Balaban J connectivity index is 1.66. The molecule has 0 fully saturated rings. The number of benzene rings is 2. The van der Waals surface area contributed by atoms with Crippen LogP contribution in [-0.2, 0) is 16.0 Å². The smallest absolute Gasteiger partial charge is 0.344 e. The SMILES string of the molecule is CCc1cccc(NC(=O)COC(=O)c2c(-c3ccccc3)noc2C)c1. The van der Waals surface area contributed by atoms with E-state index in [2.05, 4.69) is 10.5 Å². The first-order chi connectivity index (χ1) is 13.1. The number of hydrogen-bond donors (Lipinski definition) is 1. The summed E-state index contributed by atoms with van der Waals surface area (Å²) in [5.74, 6) is -0.716. The van der Waals surface area contributed by atoms with Crippen molar-refractivity contribution in [3.63, 3.8) is 0 Å². The number of amides is 1. The van der Waals surface area contributed by atoms with Gasteiger partial charge < -0.3 is 14.6 Å². The number of nitrogens with zero attached hydrogens (tertiary/aromatic N) is 1. The lowest BCUT2D eigenvalue weighted by Crippen LogP contribution is -2.21. The maximum absolute atomic E-state index is 12.5. The highest BCUT2D eigenvalue weighted by Gasteiger charge is 2.23. The Morgan fingerprint density at radius 2 is 1.89 bits per heavy atom. The Kier molecular flexibility index (Phi) is 5.66. The van der Waals surface area contributed by atoms with E-state index in [9.17, 15) is 9.59 Å². The molecule has 138 valence electrons. The van der Waals surface area contributed by atoms with Crippen LogP contribution in [0.5, 0.6) is 0 Å². The van der Waals surface area contributed by atoms with Crippen molar-refractivity contribution >= 4 is 17.6 Å². The predicted octanol–water partition coefficient (Wildman–Crippen LogP) is 4.01. The standard InChI is InChI=1S/C21H20N2O4/c1-3-15-8-7-11-17(12-15)22-18(24)13-26-21(25)19-14(2)27-23-20(19)16-9-5-4-6-10-16/h4-12H,3,13H2,1-2H3,(H,22,24). The van der Waals surface area contributed by atoms with Gasteiger partial charge in [-0.25, -0.2) is 4.79 Å². The van der Waals surface area contributed by atoms with E-state index in [0.717, 1.165) is 17.5 Å². The molecule has 0 atom stereocenters. The third-order valence-corrected chi connectivity index (χ3v) is 4.07. The molecule has 0 aliphatic rings. The van der Waals surface area contributed by atoms with Gasteiger partial charge in [0.05, 0.1) is 0 Å². The van der Waals surface area contributed by atoms with Crippen LogP contribution in [0.2, 0.25) is 0 Å². The number of esters is 1. The first-order valence-electron chi connectivity index (χ1n) is 8.66. The minimum Gasteiger partial charge on any atom is -0.452 e. The first kappa shape index (κ1) is 18.4. The summed E-state index contributed by atoms with van der Waals surface area (Å²) in [6, 6.07) is 16.7. The zero-order valence-electron chi connectivity index (χ0n) is 15.2. The lowest BCUT2D eigenvalue weighted by atomic mass is 10.1. The summed E-state index contributed by atoms with van der Waals surface area (Å²) >= 11 is 0. The molecule has 1 N–H and O–H groups in total. The number of hydrogen-bond acceptors (Lipinski definition) is 5. The summed E-state index contributed by atoms with van der Waals surface area (Å²) in [5, 5.41) is 6.67. The third kappa shape index (κ3) is 4.41. The van der Waals surface area contributed by atoms with Gasteiger partial charge in [-0.2, -0.15) is 0 Å². The number of nitrogens with one attached hydrogen (secondary N) is 1. The maximum atomic E-state index is 12.5. The lowest BCUT2D eigenvalue weighted by Gasteiger charge is -2.08. The fourth-order valence-corrected chi connectivity index (χ4v) is 2.67. The number of ether oxygens (including phenoxy) is 1. The van der Waals surface area contributed by atoms with Crippen LogP contribution in [0.1, 0.15) is 28.6 Å². The molecule has 0 spiro atoms. The number of carbonyl (C=O) groups excluding carboxylic acids is 2. The minimum absolute atomic E-state index is 0.224. The zero-order chi connectivity index (χ0) is 19.2. The van der Waals surface area contributed by atoms with Crippen LogP contribution < -0.4 is 5.32 Å². The normalized spacial score (nSPS) is 10.4. The van der Waals surface area contributed by atoms with Gasteiger partial charge in [-0.15, -0.1) is 0 Å². The van der Waals surface area contributed by atoms with E-state index in [1.807, 2.05) is 55.5 Å². The molecule has 3 aromatic rings. The highest BCUT2D eigenvalue weighted by molar-refractivity contribution is 5.99. The summed E-state index contributed by atoms with van der Waals surface area (Å²) in [4.78, 5) is 24.6. The summed E-state index contributed by atoms with van der Waals surface area (Å²) in [6.07, 6.45) is 0.869. The average Bonchev–Trinajstić information content (AvgIpc) is 3.08. The quantitative estimate of drug-likeness (QED) is 0.669. The van der Waals surface area contributed by atoms with Crippen molar-refractivity contribution in [2.45, 2.75) is 20.3 Å². The third-order valence-electron chi connectivity index (χ3n) is 4.07. The number of rotatable bonds is 6. The molecule has 6 nitrogen and oxygen atoms in total. The minimum atomic E-state index is -0.648. The maximum Gasteiger partial charge on any atom is 0.344 e. The second-order valence-corrected chi connectivity index (χ2v) is 6.01. The molecule has 2 aromatic carbocycles. The molecule has 0 radical (unpaired) electrons. The molecule has 1 amide bonds. The van der Waals surface area contributed by atoms with E-state index < -0.39 is 18.5 Å². The molecule has 0 saturated heterocycles. The van der Waals surface area contributed by atoms with Gasteiger partial charge >= 0.3 is 5.97 Å². The van der Waals surface area contributed by atoms with Crippen molar-refractivity contribution in [2.75, 3.05) is 11.9 Å². The molecular formula is C21H20N2O4. The number of carbonyl (C=O) groups is 2. The lowest BCUT2D eigenvalue weighted by molar-refractivity contribution is -0.119. The highest BCUT2D eigenvalue weighted by atomic mass is 16.5. The van der Waals surface area contributed by atoms with E-state index in [1.165, 1.54) is 0 Å². The Morgan fingerprint density at radius 3 is 2.63 bits per heavy atom. The molecule has 0 unspecified atom stereocenters. The van der Waals surface area contributed by atoms with E-state index in [4.69, 9.17) is 9.26 Å². The second kappa shape index (κ2) is 8.31. The molecule has 0 aliphatic heterocycles. The fourth-order valence-electron chi connectivity index (χ4n) is 2.67. The van der Waals surface area contributed by atoms with Crippen LogP contribution in [0.15, 0.2) is 59.1 Å². The summed E-state index contributed by atoms with van der Waals surface area (Å²) in [7, 11) is 0. The van der Waals surface area contributed by atoms with Crippen LogP contribution in [0.4, 0.5) is 5.69 Å². The van der Waals surface area contributed by atoms with Crippen LogP contribution in [-0.4, -0.2) is 23.6 Å². The Labute approximate surface area is 157 Å². The van der Waals surface area contributed by atoms with Crippen molar-refractivity contribution in [1.82, 2.24) is 5.16 Å². The van der Waals surface area contributed by atoms with Crippen LogP contribution in [0.25, 0.3) is 11.3 Å². The number of anilines is 1. The highest BCUT2D eigenvalue weighted by Crippen LogP contribution is 2.25. The van der Waals surface area contributed by atoms with Gasteiger partial charge in [0, 0.05) is 11.3 Å². The molecule has 0 bridgehead atoms. The van der Waals surface area contributed by atoms with E-state index in [-0.39, 0.29) is 5.56 Å². The molecule has 6 heteroatoms. The summed E-state index contributed by atoms with van der Waals surface area (Å²) in [5.41, 5.74) is 3.14. The van der Waals surface area contributed by atoms with Crippen LogP contribution in [0.3, 0.4) is 0 Å². The van der Waals surface area contributed by atoms with Gasteiger partial charge in [0.25, 0.3) is 5.91 Å². The number of aromatic nitrogens is 1. The largest absolute Gasteiger partial charge is 0.452 e. The Hall–Kier alpha value is -3.41. The molecule has 1 aromatic heterocycles. The first-order valence-corrected chi connectivity index (χ1v) is 8.66. The fraction of sp³-hybridized carbons (Fsp3) is 0.190. The average molecular weight is 364 g/mol. The molecule has 3 rings (SSSR count). The van der Waals surface area contributed by atoms with Crippen molar-refractivity contribution in [2.24, 2.45) is 0 Å². The molecule has 0 saturated carbocycles. The zero-order valence-corrected chi connectivity index (χ0v) is 15.2. The number of aryl methyl sites for hydroxylation is 2. The van der Waals surface area contributed by atoms with E-state index in [1.54, 1.807) is 13.0 Å². The van der Waals surface area contributed by atoms with Gasteiger partial charge in [-0.1, -0.05) is 54.5 Å². The molecule has 27 heavy (non-hydrogen) atoms. The van der Waals surface area contributed by atoms with E-state index >= 15 is 0 Å². The molecule has 1 heterocycles. The van der Waals surface area contributed by atoms with Crippen molar-refractivity contribution in [3.8, 4) is 11.3 Å². The van der Waals surface area contributed by atoms with Crippen LogP contribution in [0, 0.1) is 6.92 Å². The Morgan fingerprint density at radius 1 is 1.11 bits per heavy atom. The summed E-state index contributed by atoms with van der Waals surface area (Å²) < 4.78 is 10.3. The van der Waals surface area contributed by atoms with Gasteiger partial charge in [-0.3, -0.25) is 4.79 Å². The van der Waals surface area contributed by atoms with Gasteiger partial charge in [0.15, 0.2) is 6.61 Å². The molecule has 0 aliphatic carbocycles. The molecular weight excluding hydrogens is 344 g/mol. The van der Waals surface area contributed by atoms with Gasteiger partial charge in [0.2, 0.25) is 0 Å². The summed E-state index contributed by atoms with van der Waals surface area (Å²) in [6.45, 7) is 3.27. The monoisotopic (exact) mass is 364 g/mol. The van der Waals surface area contributed by atoms with Crippen molar-refractivity contribution in [3.05, 3.63) is 71.5 Å². The van der Waals surface area contributed by atoms with E-state index in [0.29, 0.717) is 17.1 Å². The van der Waals surface area contributed by atoms with Crippen molar-refractivity contribution < 1.29 is 18.8 Å². The second-order valence-electron chi connectivity index (χ2n) is 6.01. The predicted molar refractivity (Wildman–Crippen MR) is 101 cm³/mol. The van der Waals surface area contributed by atoms with Gasteiger partial charge in [-0.05, 0) is 31.0 Å². The van der Waals surface area contributed by atoms with Crippen LogP contribution >= 0.6 is 0 Å². The van der Waals surface area contributed by atoms with Crippen molar-refractivity contribution in [1.29, 1.82) is 0 Å². The Bertz CT molecular complexity index is 948.